The Morgan fingerprint density at radius 1 is 1.00 bits per heavy atom. The lowest BCUT2D eigenvalue weighted by atomic mass is 9.80. The molecule has 0 bridgehead atoms. The first-order chi connectivity index (χ1) is 10.2. The Balaban J connectivity index is 1.83. The number of aryl methyl sites for hydroxylation is 1. The highest BCUT2D eigenvalue weighted by Crippen LogP contribution is 2.35. The molecule has 1 nitrogen and oxygen atoms in total. The van der Waals surface area contributed by atoms with Gasteiger partial charge in [0.1, 0.15) is 5.82 Å². The summed E-state index contributed by atoms with van der Waals surface area (Å²) in [7, 11) is 0. The summed E-state index contributed by atoms with van der Waals surface area (Å²) < 4.78 is 14.0. The van der Waals surface area contributed by atoms with E-state index in [1.807, 2.05) is 19.1 Å². The van der Waals surface area contributed by atoms with Crippen LogP contribution in [-0.2, 0) is 0 Å². The number of anilines is 1. The van der Waals surface area contributed by atoms with E-state index in [0.29, 0.717) is 17.6 Å². The lowest BCUT2D eigenvalue weighted by molar-refractivity contribution is 0.404. The Hall–Kier alpha value is -1.83. The van der Waals surface area contributed by atoms with Crippen molar-refractivity contribution in [2.24, 2.45) is 0 Å². The van der Waals surface area contributed by atoms with Gasteiger partial charge >= 0.3 is 0 Å². The average Bonchev–Trinajstić information content (AvgIpc) is 2.52. The van der Waals surface area contributed by atoms with Gasteiger partial charge in [0.25, 0.3) is 0 Å². The van der Waals surface area contributed by atoms with E-state index in [1.54, 1.807) is 6.07 Å². The van der Waals surface area contributed by atoms with Gasteiger partial charge in [0.05, 0.1) is 5.69 Å². The summed E-state index contributed by atoms with van der Waals surface area (Å²) in [5.41, 5.74) is 3.09. The van der Waals surface area contributed by atoms with E-state index in [0.717, 1.165) is 12.0 Å². The topological polar surface area (TPSA) is 12.0 Å². The van der Waals surface area contributed by atoms with E-state index in [-0.39, 0.29) is 5.82 Å². The van der Waals surface area contributed by atoms with Crippen molar-refractivity contribution in [1.29, 1.82) is 0 Å². The van der Waals surface area contributed by atoms with Crippen molar-refractivity contribution < 1.29 is 4.39 Å². The maximum Gasteiger partial charge on any atom is 0.146 e. The van der Waals surface area contributed by atoms with Crippen molar-refractivity contribution in [1.82, 2.24) is 0 Å². The molecule has 2 atom stereocenters. The first-order valence-electron chi connectivity index (χ1n) is 7.81. The van der Waals surface area contributed by atoms with E-state index >= 15 is 0 Å². The maximum atomic E-state index is 14.0. The molecular weight excluding hydrogens is 261 g/mol. The molecule has 1 fully saturated rings. The summed E-state index contributed by atoms with van der Waals surface area (Å²) in [5.74, 6) is 0.317. The van der Waals surface area contributed by atoms with Crippen molar-refractivity contribution in [3.8, 4) is 0 Å². The summed E-state index contributed by atoms with van der Waals surface area (Å²) >= 11 is 0. The van der Waals surface area contributed by atoms with Crippen LogP contribution in [0.3, 0.4) is 0 Å². The summed E-state index contributed by atoms with van der Waals surface area (Å²) in [6.07, 6.45) is 4.75. The summed E-state index contributed by atoms with van der Waals surface area (Å²) in [4.78, 5) is 0. The van der Waals surface area contributed by atoms with Crippen molar-refractivity contribution in [3.63, 3.8) is 0 Å². The van der Waals surface area contributed by atoms with Gasteiger partial charge in [-0.05, 0) is 43.0 Å². The van der Waals surface area contributed by atoms with Crippen LogP contribution in [-0.4, -0.2) is 6.04 Å². The van der Waals surface area contributed by atoms with Gasteiger partial charge in [0.15, 0.2) is 0 Å². The van der Waals surface area contributed by atoms with Crippen LogP contribution >= 0.6 is 0 Å². The Labute approximate surface area is 126 Å². The highest BCUT2D eigenvalue weighted by atomic mass is 19.1. The standard InChI is InChI=1S/C19H22FN/c1-14-11-12-17(20)19(13-14)21-18-10-6-5-9-16(18)15-7-3-2-4-8-15/h2-4,7-8,11-13,16,18,21H,5-6,9-10H2,1H3. The van der Waals surface area contributed by atoms with Crippen molar-refractivity contribution in [3.05, 3.63) is 65.5 Å². The van der Waals surface area contributed by atoms with Crippen LogP contribution in [0.5, 0.6) is 0 Å². The van der Waals surface area contributed by atoms with Gasteiger partial charge in [0.2, 0.25) is 0 Å². The molecule has 1 saturated carbocycles. The van der Waals surface area contributed by atoms with Gasteiger partial charge in [-0.2, -0.15) is 0 Å². The molecule has 110 valence electrons. The third-order valence-electron chi connectivity index (χ3n) is 4.46. The fraction of sp³-hybridized carbons (Fsp3) is 0.368. The van der Waals surface area contributed by atoms with E-state index in [4.69, 9.17) is 0 Å². The van der Waals surface area contributed by atoms with Gasteiger partial charge in [-0.3, -0.25) is 0 Å². The molecular formula is C19H22FN. The van der Waals surface area contributed by atoms with Crippen LogP contribution in [0.4, 0.5) is 10.1 Å². The Morgan fingerprint density at radius 2 is 1.76 bits per heavy atom. The Bertz CT molecular complexity index is 594. The zero-order chi connectivity index (χ0) is 14.7. The molecule has 1 aliphatic carbocycles. The first-order valence-corrected chi connectivity index (χ1v) is 7.81. The molecule has 21 heavy (non-hydrogen) atoms. The molecule has 0 aliphatic heterocycles. The molecule has 2 aromatic rings. The second-order valence-corrected chi connectivity index (χ2v) is 6.04. The van der Waals surface area contributed by atoms with Crippen LogP contribution in [0.1, 0.15) is 42.7 Å². The van der Waals surface area contributed by atoms with E-state index in [1.165, 1.54) is 24.8 Å². The predicted molar refractivity (Wildman–Crippen MR) is 86.2 cm³/mol. The molecule has 0 saturated heterocycles. The molecule has 2 aromatic carbocycles. The smallest absolute Gasteiger partial charge is 0.146 e. The molecule has 0 amide bonds. The molecule has 0 heterocycles. The minimum Gasteiger partial charge on any atom is -0.379 e. The highest BCUT2D eigenvalue weighted by Gasteiger charge is 2.26. The summed E-state index contributed by atoms with van der Waals surface area (Å²) in [6.45, 7) is 2.00. The van der Waals surface area contributed by atoms with Crippen LogP contribution < -0.4 is 5.32 Å². The molecule has 2 unspecified atom stereocenters. The molecule has 1 aliphatic rings. The van der Waals surface area contributed by atoms with Gasteiger partial charge in [-0.25, -0.2) is 4.39 Å². The third-order valence-corrected chi connectivity index (χ3v) is 4.46. The second-order valence-electron chi connectivity index (χ2n) is 6.04. The molecule has 3 rings (SSSR count). The quantitative estimate of drug-likeness (QED) is 0.809. The van der Waals surface area contributed by atoms with E-state index < -0.39 is 0 Å². The average molecular weight is 283 g/mol. The second kappa shape index (κ2) is 6.30. The first kappa shape index (κ1) is 14.1. The minimum atomic E-state index is -0.155. The SMILES string of the molecule is Cc1ccc(F)c(NC2CCCCC2c2ccccc2)c1. The highest BCUT2D eigenvalue weighted by molar-refractivity contribution is 5.48. The lowest BCUT2D eigenvalue weighted by Crippen LogP contribution is -2.31. The zero-order valence-corrected chi connectivity index (χ0v) is 12.5. The zero-order valence-electron chi connectivity index (χ0n) is 12.5. The predicted octanol–water partition coefficient (Wildman–Crippen LogP) is 5.27. The van der Waals surface area contributed by atoms with E-state index in [2.05, 4.69) is 35.6 Å². The van der Waals surface area contributed by atoms with Crippen molar-refractivity contribution in [2.45, 2.75) is 44.6 Å². The van der Waals surface area contributed by atoms with E-state index in [9.17, 15) is 4.39 Å². The largest absolute Gasteiger partial charge is 0.379 e. The van der Waals surface area contributed by atoms with Crippen LogP contribution in [0, 0.1) is 12.7 Å². The molecule has 0 radical (unpaired) electrons. The number of hydrogen-bond acceptors (Lipinski definition) is 1. The lowest BCUT2D eigenvalue weighted by Gasteiger charge is -2.33. The minimum absolute atomic E-state index is 0.155. The molecule has 1 N–H and O–H groups in total. The van der Waals surface area contributed by atoms with Gasteiger partial charge in [-0.15, -0.1) is 0 Å². The summed E-state index contributed by atoms with van der Waals surface area (Å²) in [6, 6.07) is 16.2. The number of halogens is 1. The normalized spacial score (nSPS) is 22.0. The van der Waals surface area contributed by atoms with Gasteiger partial charge in [-0.1, -0.05) is 49.2 Å². The van der Waals surface area contributed by atoms with Crippen molar-refractivity contribution in [2.75, 3.05) is 5.32 Å². The Kier molecular flexibility index (Phi) is 4.23. The number of hydrogen-bond donors (Lipinski definition) is 1. The van der Waals surface area contributed by atoms with Crippen molar-refractivity contribution >= 4 is 5.69 Å². The number of rotatable bonds is 3. The fourth-order valence-corrected chi connectivity index (χ4v) is 3.35. The van der Waals surface area contributed by atoms with Crippen LogP contribution in [0.15, 0.2) is 48.5 Å². The Morgan fingerprint density at radius 3 is 2.57 bits per heavy atom. The fourth-order valence-electron chi connectivity index (χ4n) is 3.35. The maximum absolute atomic E-state index is 14.0. The summed E-state index contributed by atoms with van der Waals surface area (Å²) in [5, 5.41) is 3.46. The van der Waals surface area contributed by atoms with Gasteiger partial charge in [0, 0.05) is 12.0 Å². The monoisotopic (exact) mass is 283 g/mol. The van der Waals surface area contributed by atoms with Crippen LogP contribution in [0.2, 0.25) is 0 Å². The van der Waals surface area contributed by atoms with Crippen LogP contribution in [0.25, 0.3) is 0 Å². The third kappa shape index (κ3) is 3.26. The van der Waals surface area contributed by atoms with Gasteiger partial charge < -0.3 is 5.32 Å². The molecule has 0 spiro atoms. The number of benzene rings is 2. The molecule has 2 heteroatoms. The molecule has 0 aromatic heterocycles. The number of nitrogens with one attached hydrogen (secondary N) is 1.